The number of thiol groups is 2. The molecular weight excluding hydrogens is 232 g/mol. The lowest BCUT2D eigenvalue weighted by atomic mass is 9.85. The fourth-order valence-electron chi connectivity index (χ4n) is 2.38. The van der Waals surface area contributed by atoms with Crippen LogP contribution in [0.2, 0.25) is 0 Å². The highest BCUT2D eigenvalue weighted by Crippen LogP contribution is 2.46. The van der Waals surface area contributed by atoms with Crippen molar-refractivity contribution in [1.29, 1.82) is 0 Å². The molecule has 0 unspecified atom stereocenters. The average Bonchev–Trinajstić information content (AvgIpc) is 2.29. The van der Waals surface area contributed by atoms with Crippen LogP contribution >= 0.6 is 25.3 Å². The highest BCUT2D eigenvalue weighted by Gasteiger charge is 2.33. The molecule has 0 aromatic heterocycles. The van der Waals surface area contributed by atoms with Gasteiger partial charge in [0.1, 0.15) is 4.08 Å². The molecule has 0 saturated heterocycles. The van der Waals surface area contributed by atoms with Crippen molar-refractivity contribution >= 4 is 25.3 Å². The number of hydrogen-bond donors (Lipinski definition) is 2. The molecule has 2 aromatic rings. The van der Waals surface area contributed by atoms with E-state index in [4.69, 9.17) is 25.3 Å². The molecule has 16 heavy (non-hydrogen) atoms. The van der Waals surface area contributed by atoms with E-state index in [0.29, 0.717) is 0 Å². The minimum absolute atomic E-state index is 0.467. The van der Waals surface area contributed by atoms with Crippen molar-refractivity contribution in [1.82, 2.24) is 0 Å². The quantitative estimate of drug-likeness (QED) is 0.513. The summed E-state index contributed by atoms with van der Waals surface area (Å²) in [6.07, 6.45) is 0.981. The first kappa shape index (κ1) is 10.3. The van der Waals surface area contributed by atoms with E-state index in [-0.39, 0.29) is 0 Å². The Morgan fingerprint density at radius 1 is 0.750 bits per heavy atom. The predicted octanol–water partition coefficient (Wildman–Crippen LogP) is 3.65. The summed E-state index contributed by atoms with van der Waals surface area (Å²) < 4.78 is -0.467. The van der Waals surface area contributed by atoms with Crippen LogP contribution in [0, 0.1) is 0 Å². The number of fused-ring (bicyclic) bond motifs is 2. The molecule has 2 aromatic carbocycles. The SMILES string of the molecule is SC1(S)c2ccccc2Cc2ccccc21. The van der Waals surface area contributed by atoms with E-state index in [1.54, 1.807) is 0 Å². The third kappa shape index (κ3) is 1.40. The van der Waals surface area contributed by atoms with E-state index >= 15 is 0 Å². The van der Waals surface area contributed by atoms with Crippen molar-refractivity contribution in [2.75, 3.05) is 0 Å². The standard InChI is InChI=1S/C14H12S2/c15-14(16)12-7-3-1-5-10(12)9-11-6-2-4-8-13(11)14/h1-8,15-16H,9H2. The highest BCUT2D eigenvalue weighted by molar-refractivity contribution is 8.00. The Morgan fingerprint density at radius 3 is 1.69 bits per heavy atom. The Labute approximate surface area is 107 Å². The number of hydrogen-bond acceptors (Lipinski definition) is 2. The van der Waals surface area contributed by atoms with Crippen molar-refractivity contribution in [3.05, 3.63) is 70.8 Å². The Bertz CT molecular complexity index is 496. The summed E-state index contributed by atoms with van der Waals surface area (Å²) in [5.41, 5.74) is 5.07. The van der Waals surface area contributed by atoms with E-state index in [0.717, 1.165) is 6.42 Å². The Balaban J connectivity index is 2.28. The van der Waals surface area contributed by atoms with Crippen LogP contribution < -0.4 is 0 Å². The first-order chi connectivity index (χ1) is 7.69. The van der Waals surface area contributed by atoms with Crippen molar-refractivity contribution in [3.8, 4) is 0 Å². The fourth-order valence-corrected chi connectivity index (χ4v) is 3.25. The van der Waals surface area contributed by atoms with Gasteiger partial charge in [-0.15, -0.1) is 0 Å². The predicted molar refractivity (Wildman–Crippen MR) is 74.4 cm³/mol. The average molecular weight is 244 g/mol. The molecule has 80 valence electrons. The smallest absolute Gasteiger partial charge is 0.106 e. The van der Waals surface area contributed by atoms with E-state index in [2.05, 4.69) is 36.4 Å². The van der Waals surface area contributed by atoms with Gasteiger partial charge in [-0.2, -0.15) is 25.3 Å². The van der Waals surface area contributed by atoms with Crippen molar-refractivity contribution in [3.63, 3.8) is 0 Å². The molecule has 0 nitrogen and oxygen atoms in total. The van der Waals surface area contributed by atoms with E-state index in [1.165, 1.54) is 22.3 Å². The monoisotopic (exact) mass is 244 g/mol. The van der Waals surface area contributed by atoms with Gasteiger partial charge in [0.15, 0.2) is 0 Å². The van der Waals surface area contributed by atoms with Crippen LogP contribution in [0.25, 0.3) is 0 Å². The molecule has 0 saturated carbocycles. The molecule has 0 fully saturated rings. The molecule has 0 heterocycles. The van der Waals surface area contributed by atoms with Gasteiger partial charge >= 0.3 is 0 Å². The van der Waals surface area contributed by atoms with Crippen molar-refractivity contribution in [2.24, 2.45) is 0 Å². The van der Waals surface area contributed by atoms with Crippen LogP contribution in [-0.4, -0.2) is 0 Å². The molecule has 0 N–H and O–H groups in total. The Morgan fingerprint density at radius 2 is 1.19 bits per heavy atom. The van der Waals surface area contributed by atoms with Gasteiger partial charge in [0.05, 0.1) is 0 Å². The number of benzene rings is 2. The van der Waals surface area contributed by atoms with Gasteiger partial charge in [-0.3, -0.25) is 0 Å². The zero-order chi connectivity index (χ0) is 11.2. The van der Waals surface area contributed by atoms with Crippen LogP contribution in [0.15, 0.2) is 48.5 Å². The van der Waals surface area contributed by atoms with Gasteiger partial charge in [0, 0.05) is 0 Å². The van der Waals surface area contributed by atoms with Crippen LogP contribution in [0.5, 0.6) is 0 Å². The van der Waals surface area contributed by atoms with E-state index < -0.39 is 4.08 Å². The molecule has 2 heteroatoms. The van der Waals surface area contributed by atoms with E-state index in [1.807, 2.05) is 12.1 Å². The Hall–Kier alpha value is -0.860. The molecule has 1 aliphatic carbocycles. The third-order valence-electron chi connectivity index (χ3n) is 3.17. The molecule has 0 radical (unpaired) electrons. The minimum atomic E-state index is -0.467. The van der Waals surface area contributed by atoms with Crippen LogP contribution in [0.3, 0.4) is 0 Å². The third-order valence-corrected chi connectivity index (χ3v) is 4.13. The molecular formula is C14H12S2. The van der Waals surface area contributed by atoms with Gasteiger partial charge in [-0.05, 0) is 28.7 Å². The van der Waals surface area contributed by atoms with E-state index in [9.17, 15) is 0 Å². The summed E-state index contributed by atoms with van der Waals surface area (Å²) in [6.45, 7) is 0. The largest absolute Gasteiger partial charge is 0.152 e. The summed E-state index contributed by atoms with van der Waals surface area (Å²) in [5.74, 6) is 0. The summed E-state index contributed by atoms with van der Waals surface area (Å²) in [4.78, 5) is 0. The lowest BCUT2D eigenvalue weighted by Gasteiger charge is -2.33. The van der Waals surface area contributed by atoms with Gasteiger partial charge in [0.25, 0.3) is 0 Å². The normalized spacial score (nSPS) is 16.4. The maximum absolute atomic E-state index is 4.74. The van der Waals surface area contributed by atoms with Crippen molar-refractivity contribution < 1.29 is 0 Å². The lowest BCUT2D eigenvalue weighted by molar-refractivity contribution is 0.949. The topological polar surface area (TPSA) is 0 Å². The summed E-state index contributed by atoms with van der Waals surface area (Å²) >= 11 is 9.48. The second-order valence-electron chi connectivity index (χ2n) is 4.16. The lowest BCUT2D eigenvalue weighted by Crippen LogP contribution is -2.22. The zero-order valence-electron chi connectivity index (χ0n) is 8.72. The first-order valence-electron chi connectivity index (χ1n) is 5.31. The van der Waals surface area contributed by atoms with Crippen LogP contribution in [-0.2, 0) is 10.5 Å². The van der Waals surface area contributed by atoms with Crippen LogP contribution in [0.1, 0.15) is 22.3 Å². The van der Waals surface area contributed by atoms with Gasteiger partial charge in [-0.25, -0.2) is 0 Å². The Kier molecular flexibility index (Phi) is 2.30. The summed E-state index contributed by atoms with van der Waals surface area (Å²) in [6, 6.07) is 16.8. The minimum Gasteiger partial charge on any atom is -0.152 e. The molecule has 3 rings (SSSR count). The van der Waals surface area contributed by atoms with Crippen molar-refractivity contribution in [2.45, 2.75) is 10.5 Å². The van der Waals surface area contributed by atoms with Crippen LogP contribution in [0.4, 0.5) is 0 Å². The molecule has 0 spiro atoms. The second kappa shape index (κ2) is 3.57. The molecule has 0 amide bonds. The molecule has 0 atom stereocenters. The zero-order valence-corrected chi connectivity index (χ0v) is 10.5. The molecule has 0 bridgehead atoms. The second-order valence-corrected chi connectivity index (χ2v) is 5.86. The number of rotatable bonds is 0. The first-order valence-corrected chi connectivity index (χ1v) is 6.20. The van der Waals surface area contributed by atoms with Gasteiger partial charge < -0.3 is 0 Å². The summed E-state index contributed by atoms with van der Waals surface area (Å²) in [7, 11) is 0. The highest BCUT2D eigenvalue weighted by atomic mass is 32.2. The maximum Gasteiger partial charge on any atom is 0.106 e. The fraction of sp³-hybridized carbons (Fsp3) is 0.143. The molecule has 0 aliphatic heterocycles. The summed E-state index contributed by atoms with van der Waals surface area (Å²) in [5, 5.41) is 0. The maximum atomic E-state index is 4.74. The molecule has 1 aliphatic rings. The van der Waals surface area contributed by atoms with Gasteiger partial charge in [-0.1, -0.05) is 48.5 Å². The van der Waals surface area contributed by atoms with Gasteiger partial charge in [0.2, 0.25) is 0 Å².